The Kier molecular flexibility index (Phi) is 31.1. The molecule has 0 saturated carbocycles. The van der Waals surface area contributed by atoms with Gasteiger partial charge in [0.05, 0.1) is 25.7 Å². The molecule has 26 nitrogen and oxygen atoms in total. The van der Waals surface area contributed by atoms with E-state index in [1.54, 1.807) is 36.7 Å². The number of hydrogen-bond acceptors (Lipinski definition) is 20. The Labute approximate surface area is 646 Å². The highest BCUT2D eigenvalue weighted by Gasteiger charge is 2.29. The van der Waals surface area contributed by atoms with Crippen LogP contribution in [0.5, 0.6) is 0 Å². The van der Waals surface area contributed by atoms with Gasteiger partial charge in [0.2, 0.25) is 11.8 Å². The van der Waals surface area contributed by atoms with Crippen LogP contribution in [-0.4, -0.2) is 167 Å². The summed E-state index contributed by atoms with van der Waals surface area (Å²) < 4.78 is 76.6. The number of nitrogens with one attached hydrogen (secondary N) is 5. The van der Waals surface area contributed by atoms with E-state index >= 15 is 0 Å². The number of rotatable bonds is 10. The molecule has 9 N–H and O–H groups in total. The van der Waals surface area contributed by atoms with E-state index in [2.05, 4.69) is 128 Å². The molecule has 3 fully saturated rings. The first-order valence-corrected chi connectivity index (χ1v) is 39.1. The zero-order valence-corrected chi connectivity index (χ0v) is 65.9. The van der Waals surface area contributed by atoms with Gasteiger partial charge in [0.1, 0.15) is 0 Å². The van der Waals surface area contributed by atoms with Crippen LogP contribution >= 0.6 is 35.5 Å². The van der Waals surface area contributed by atoms with E-state index in [0.29, 0.717) is 28.1 Å². The summed E-state index contributed by atoms with van der Waals surface area (Å²) in [7, 11) is -5.97. The second-order valence-electron chi connectivity index (χ2n) is 26.9. The van der Waals surface area contributed by atoms with E-state index in [-0.39, 0.29) is 74.7 Å². The Morgan fingerprint density at radius 2 is 0.759 bits per heavy atom. The van der Waals surface area contributed by atoms with Gasteiger partial charge in [-0.05, 0) is 211 Å². The van der Waals surface area contributed by atoms with Crippen molar-refractivity contribution in [1.82, 2.24) is 33.0 Å². The molecule has 3 aliphatic rings. The van der Waals surface area contributed by atoms with Crippen molar-refractivity contribution in [2.45, 2.75) is 81.2 Å². The molecule has 3 saturated heterocycles. The van der Waals surface area contributed by atoms with Gasteiger partial charge in [0.25, 0.3) is 29.1 Å². The predicted molar refractivity (Wildman–Crippen MR) is 432 cm³/mol. The summed E-state index contributed by atoms with van der Waals surface area (Å²) >= 11 is 0. The minimum absolute atomic E-state index is 0. The minimum Gasteiger partial charge on any atom is -0.399 e. The number of anilines is 7. The molecular weight excluding hydrogens is 1500 g/mol. The van der Waals surface area contributed by atoms with Crippen LogP contribution in [0.15, 0.2) is 209 Å². The number of nitrogens with two attached hydrogens (primary N) is 2. The van der Waals surface area contributed by atoms with Crippen molar-refractivity contribution in [3.63, 3.8) is 0 Å². The summed E-state index contributed by atoms with van der Waals surface area (Å²) in [5.74, 6) is -0.417. The average molecular weight is 1600 g/mol. The molecule has 0 unspecified atom stereocenters. The largest absolute Gasteiger partial charge is 0.399 e. The number of benzene rings is 7. The number of halogens is 3. The molecule has 7 heterocycles. The Morgan fingerprint density at radius 3 is 1.14 bits per heavy atom. The highest BCUT2D eigenvalue weighted by Crippen LogP contribution is 2.31. The van der Waals surface area contributed by atoms with Crippen LogP contribution in [0, 0.1) is 0 Å². The summed E-state index contributed by atoms with van der Waals surface area (Å²) in [4.78, 5) is 73.3. The smallest absolute Gasteiger partial charge is 0.373 e. The Morgan fingerprint density at radius 1 is 0.426 bits per heavy atom. The van der Waals surface area contributed by atoms with E-state index in [1.165, 1.54) is 92.3 Å². The number of amides is 2. The maximum absolute atomic E-state index is 13.2. The van der Waals surface area contributed by atoms with Gasteiger partial charge in [-0.1, -0.05) is 0 Å². The summed E-state index contributed by atoms with van der Waals surface area (Å²) in [6, 6.07) is 50.3. The maximum atomic E-state index is 13.2. The molecule has 108 heavy (non-hydrogen) atoms. The van der Waals surface area contributed by atoms with Gasteiger partial charge >= 0.3 is 12.3 Å². The number of H-pyrrole nitrogens is 2. The van der Waals surface area contributed by atoms with E-state index < -0.39 is 29.1 Å². The van der Waals surface area contributed by atoms with E-state index in [9.17, 15) is 34.8 Å². The lowest BCUT2D eigenvalue weighted by atomic mass is 10.0. The molecule has 32 heteroatoms. The van der Waals surface area contributed by atoms with Gasteiger partial charge in [-0.3, -0.25) is 19.4 Å². The Hall–Kier alpha value is -10.00. The third-order valence-electron chi connectivity index (χ3n) is 17.7. The van der Waals surface area contributed by atoms with E-state index in [1.807, 2.05) is 73.1 Å². The van der Waals surface area contributed by atoms with Crippen molar-refractivity contribution in [3.05, 3.63) is 195 Å². The van der Waals surface area contributed by atoms with Gasteiger partial charge in [0, 0.05) is 211 Å². The standard InChI is InChI=1S/C24H30N4O3S.C18H20N4O2S.C16H23N3.C8H8ClNO3S.C8H8N2.2CO2.2ClH/c1-18(29)25-20-5-8-22(9-6-20)32(30,31)28-12-11-19-17-21(7-10-23(19)28)26-13-15-27(16-14-26)24(2,3)4;19-15-1-4-17(5-2-15)25(23,24)22-10-7-14-13-16(3-6-18(14)22)21-11-8-20-9-12-21;1-16(2,3)19-10-8-18(9-11-19)14-4-5-15-13(12-14)6-7-17-15;1-6(11)10-7-2-4-8(5-3-7)14(9,12)13;9-7-1-2-8-6(5-7)3-4-10-8;2*2-1-3;;/h5-12,17H,13-16H2,1-4H3,(H,25,29);1-7,10,13,20H,8-9,11-12,19H2;4-7,12,17H,8-11H2,1-3H3;2-5H,1H3,(H,10,11);1-5,10H,9H2;;;2*1H. The van der Waals surface area contributed by atoms with Gasteiger partial charge in [-0.15, -0.1) is 24.8 Å². The normalized spacial score (nSPS) is 14.0. The number of carbonyl (C=O) groups is 2. The van der Waals surface area contributed by atoms with Crippen molar-refractivity contribution in [3.8, 4) is 0 Å². The predicted octanol–water partition coefficient (Wildman–Crippen LogP) is 11.7. The summed E-state index contributed by atoms with van der Waals surface area (Å²) in [5, 5.41) is 12.8. The molecule has 0 atom stereocenters. The Balaban J connectivity index is 0.000000215. The summed E-state index contributed by atoms with van der Waals surface area (Å²) in [6.45, 7) is 28.7. The second kappa shape index (κ2) is 38.7. The molecular formula is C76H91Cl3N14O12S3. The second-order valence-corrected chi connectivity index (χ2v) is 33.1. The number of carbonyl (C=O) groups excluding carboxylic acids is 6. The minimum atomic E-state index is -3.75. The Bertz CT molecular complexity index is 5210. The number of aromatic nitrogens is 4. The molecule has 4 aromatic heterocycles. The molecule has 7 aromatic carbocycles. The van der Waals surface area contributed by atoms with Crippen molar-refractivity contribution in [1.29, 1.82) is 0 Å². The molecule has 2 amide bonds. The van der Waals surface area contributed by atoms with Crippen molar-refractivity contribution < 1.29 is 54.0 Å². The van der Waals surface area contributed by atoms with Gasteiger partial charge in [0.15, 0.2) is 0 Å². The maximum Gasteiger partial charge on any atom is 0.373 e. The van der Waals surface area contributed by atoms with Crippen LogP contribution in [0.3, 0.4) is 0 Å². The lowest BCUT2D eigenvalue weighted by Crippen LogP contribution is -2.53. The lowest BCUT2D eigenvalue weighted by Gasteiger charge is -2.43. The zero-order valence-electron chi connectivity index (χ0n) is 61.1. The van der Waals surface area contributed by atoms with Crippen LogP contribution in [0.2, 0.25) is 0 Å². The van der Waals surface area contributed by atoms with Crippen LogP contribution in [0.25, 0.3) is 43.6 Å². The van der Waals surface area contributed by atoms with Crippen LogP contribution in [0.1, 0.15) is 55.4 Å². The van der Waals surface area contributed by atoms with Crippen molar-refractivity contribution in [2.75, 3.05) is 115 Å². The van der Waals surface area contributed by atoms with Crippen LogP contribution in [-0.2, 0) is 57.9 Å². The average Bonchev–Trinajstić information content (AvgIpc) is 1.59. The quantitative estimate of drug-likeness (QED) is 0.0494. The molecule has 3 aliphatic heterocycles. The number of nitrogen functional groups attached to an aromatic ring is 2. The van der Waals surface area contributed by atoms with Crippen molar-refractivity contribution >= 4 is 172 Å². The summed E-state index contributed by atoms with van der Waals surface area (Å²) in [6.07, 6.45) is 7.62. The number of piperazine rings is 3. The molecule has 0 bridgehead atoms. The monoisotopic (exact) mass is 1590 g/mol. The third kappa shape index (κ3) is 23.5. The molecule has 14 rings (SSSR count). The SMILES string of the molecule is CC(=O)Nc1ccc(S(=O)(=O)Cl)cc1.CC(=O)Nc1ccc(S(=O)(=O)n2ccc3cc(N4CCN(C(C)(C)C)CC4)ccc32)cc1.CC(C)(C)N1CCN(c2ccc3[nH]ccc3c2)CC1.Cl.Cl.Nc1ccc(S(=O)(=O)n2ccc3cc(N4CCNCC4)ccc32)cc1.Nc1ccc2[nH]ccc2c1.O=C=O.O=C=O. The first-order valence-electron chi connectivity index (χ1n) is 33.9. The number of fused-ring (bicyclic) bond motifs is 4. The first-order chi connectivity index (χ1) is 50.2. The highest BCUT2D eigenvalue weighted by molar-refractivity contribution is 8.13. The fourth-order valence-electron chi connectivity index (χ4n) is 12.2. The summed E-state index contributed by atoms with van der Waals surface area (Å²) in [5.41, 5.74) is 21.4. The van der Waals surface area contributed by atoms with E-state index in [0.717, 1.165) is 112 Å². The number of aromatic amines is 2. The number of hydrogen-bond donors (Lipinski definition) is 7. The van der Waals surface area contributed by atoms with Crippen LogP contribution < -0.4 is 42.1 Å². The third-order valence-corrected chi connectivity index (χ3v) is 22.5. The number of nitrogens with zero attached hydrogens (tertiary/aromatic N) is 7. The van der Waals surface area contributed by atoms with Gasteiger partial charge < -0.3 is 52.1 Å². The zero-order chi connectivity index (χ0) is 77.2. The molecule has 11 aromatic rings. The highest BCUT2D eigenvalue weighted by atomic mass is 35.7. The first kappa shape index (κ1) is 86.9. The fraction of sp³-hybridized carbons (Fsp3) is 0.289. The molecule has 0 aliphatic carbocycles. The fourth-order valence-corrected chi connectivity index (χ4v) is 15.7. The lowest BCUT2D eigenvalue weighted by molar-refractivity contribution is -0.193. The van der Waals surface area contributed by atoms with Gasteiger partial charge in [-0.2, -0.15) is 19.2 Å². The topological polar surface area (TPSA) is 351 Å². The van der Waals surface area contributed by atoms with E-state index in [4.69, 9.17) is 41.3 Å². The van der Waals surface area contributed by atoms with Gasteiger partial charge in [-0.25, -0.2) is 33.2 Å². The van der Waals surface area contributed by atoms with Crippen molar-refractivity contribution in [2.24, 2.45) is 0 Å². The molecule has 0 spiro atoms. The van der Waals surface area contributed by atoms with Crippen LogP contribution in [0.4, 0.5) is 39.8 Å². The molecule has 0 radical (unpaired) electrons. The molecule has 576 valence electrons.